The van der Waals surface area contributed by atoms with Crippen molar-refractivity contribution in [3.05, 3.63) is 70.9 Å². The molecule has 0 radical (unpaired) electrons. The third kappa shape index (κ3) is 4.94. The van der Waals surface area contributed by atoms with Gasteiger partial charge in [-0.2, -0.15) is 0 Å². The van der Waals surface area contributed by atoms with Crippen LogP contribution in [-0.2, 0) is 16.0 Å². The van der Waals surface area contributed by atoms with E-state index in [0.29, 0.717) is 12.8 Å². The second kappa shape index (κ2) is 8.65. The van der Waals surface area contributed by atoms with Gasteiger partial charge in [0.2, 0.25) is 11.8 Å². The highest BCUT2D eigenvalue weighted by atomic mass is 16.2. The van der Waals surface area contributed by atoms with E-state index in [9.17, 15) is 9.59 Å². The molecule has 1 aromatic heterocycles. The van der Waals surface area contributed by atoms with Crippen LogP contribution in [-0.4, -0.2) is 23.3 Å². The van der Waals surface area contributed by atoms with Crippen LogP contribution in [0.2, 0.25) is 0 Å². The van der Waals surface area contributed by atoms with Gasteiger partial charge in [0.15, 0.2) is 0 Å². The summed E-state index contributed by atoms with van der Waals surface area (Å²) in [7, 11) is 0. The highest BCUT2D eigenvalue weighted by molar-refractivity contribution is 5.95. The maximum Gasteiger partial charge on any atom is 0.243 e. The van der Waals surface area contributed by atoms with Crippen LogP contribution in [0.25, 0.3) is 10.9 Å². The van der Waals surface area contributed by atoms with Crippen LogP contribution in [0.3, 0.4) is 0 Å². The van der Waals surface area contributed by atoms with Crippen molar-refractivity contribution in [2.75, 3.05) is 11.9 Å². The summed E-state index contributed by atoms with van der Waals surface area (Å²) >= 11 is 0. The summed E-state index contributed by atoms with van der Waals surface area (Å²) in [6.45, 7) is 5.91. The number of anilines is 1. The predicted molar refractivity (Wildman–Crippen MR) is 112 cm³/mol. The SMILES string of the molecule is Cc1cc(C)c(NC(=O)CNC(=O)CCc2ccc3ccccc3n2)c(C)c1. The van der Waals surface area contributed by atoms with E-state index in [2.05, 4.69) is 15.6 Å². The topological polar surface area (TPSA) is 71.1 Å². The van der Waals surface area contributed by atoms with Crippen molar-refractivity contribution < 1.29 is 9.59 Å². The summed E-state index contributed by atoms with van der Waals surface area (Å²) in [5, 5.41) is 6.65. The molecule has 0 unspecified atom stereocenters. The van der Waals surface area contributed by atoms with Crippen molar-refractivity contribution >= 4 is 28.4 Å². The third-order valence-corrected chi connectivity index (χ3v) is 4.65. The molecule has 2 N–H and O–H groups in total. The van der Waals surface area contributed by atoms with E-state index in [1.165, 1.54) is 0 Å². The molecule has 0 spiro atoms. The maximum absolute atomic E-state index is 12.2. The second-order valence-electron chi connectivity index (χ2n) is 7.09. The van der Waals surface area contributed by atoms with E-state index >= 15 is 0 Å². The molecule has 0 aliphatic carbocycles. The van der Waals surface area contributed by atoms with Gasteiger partial charge >= 0.3 is 0 Å². The number of benzene rings is 2. The average molecular weight is 375 g/mol. The van der Waals surface area contributed by atoms with E-state index in [1.807, 2.05) is 69.3 Å². The Morgan fingerprint density at radius 2 is 1.64 bits per heavy atom. The number of amides is 2. The first kappa shape index (κ1) is 19.5. The number of hydrogen-bond acceptors (Lipinski definition) is 3. The van der Waals surface area contributed by atoms with Crippen molar-refractivity contribution in [1.29, 1.82) is 0 Å². The van der Waals surface area contributed by atoms with Crippen molar-refractivity contribution in [3.63, 3.8) is 0 Å². The van der Waals surface area contributed by atoms with Gasteiger partial charge in [-0.05, 0) is 50.5 Å². The van der Waals surface area contributed by atoms with E-state index < -0.39 is 0 Å². The first-order chi connectivity index (χ1) is 13.4. The normalized spacial score (nSPS) is 10.7. The Balaban J connectivity index is 1.49. The Morgan fingerprint density at radius 1 is 0.929 bits per heavy atom. The van der Waals surface area contributed by atoms with Crippen LogP contribution >= 0.6 is 0 Å². The Hall–Kier alpha value is -3.21. The molecule has 1 heterocycles. The van der Waals surface area contributed by atoms with Crippen LogP contribution in [0.5, 0.6) is 0 Å². The molecule has 0 atom stereocenters. The highest BCUT2D eigenvalue weighted by Gasteiger charge is 2.10. The van der Waals surface area contributed by atoms with Gasteiger partial charge in [-0.1, -0.05) is 42.0 Å². The Labute approximate surface area is 165 Å². The van der Waals surface area contributed by atoms with Crippen molar-refractivity contribution in [1.82, 2.24) is 10.3 Å². The lowest BCUT2D eigenvalue weighted by Crippen LogP contribution is -2.33. The van der Waals surface area contributed by atoms with Crippen molar-refractivity contribution in [2.24, 2.45) is 0 Å². The fourth-order valence-corrected chi connectivity index (χ4v) is 3.32. The largest absolute Gasteiger partial charge is 0.347 e. The minimum Gasteiger partial charge on any atom is -0.347 e. The Bertz CT molecular complexity index is 1000. The zero-order chi connectivity index (χ0) is 20.1. The lowest BCUT2D eigenvalue weighted by atomic mass is 10.1. The molecule has 0 bridgehead atoms. The number of pyridine rings is 1. The monoisotopic (exact) mass is 375 g/mol. The van der Waals surface area contributed by atoms with Crippen molar-refractivity contribution in [3.8, 4) is 0 Å². The predicted octanol–water partition coefficient (Wildman–Crippen LogP) is 3.85. The lowest BCUT2D eigenvalue weighted by Gasteiger charge is -2.13. The van der Waals surface area contributed by atoms with Gasteiger partial charge in [0.1, 0.15) is 0 Å². The van der Waals surface area contributed by atoms with Gasteiger partial charge in [-0.25, -0.2) is 0 Å². The van der Waals surface area contributed by atoms with E-state index in [1.54, 1.807) is 0 Å². The molecular formula is C23H25N3O2. The third-order valence-electron chi connectivity index (χ3n) is 4.65. The number of carbonyl (C=O) groups excluding carboxylic acids is 2. The molecule has 3 rings (SSSR count). The highest BCUT2D eigenvalue weighted by Crippen LogP contribution is 2.21. The van der Waals surface area contributed by atoms with E-state index in [4.69, 9.17) is 0 Å². The molecule has 0 aliphatic heterocycles. The molecule has 5 heteroatoms. The number of nitrogens with one attached hydrogen (secondary N) is 2. The summed E-state index contributed by atoms with van der Waals surface area (Å²) in [6.07, 6.45) is 0.829. The minimum atomic E-state index is -0.229. The number of aryl methyl sites for hydroxylation is 4. The van der Waals surface area contributed by atoms with Gasteiger partial charge in [-0.3, -0.25) is 14.6 Å². The molecule has 2 amide bonds. The summed E-state index contributed by atoms with van der Waals surface area (Å²) in [5.41, 5.74) is 5.78. The maximum atomic E-state index is 12.2. The lowest BCUT2D eigenvalue weighted by molar-refractivity contribution is -0.124. The fraction of sp³-hybridized carbons (Fsp3) is 0.261. The molecule has 5 nitrogen and oxygen atoms in total. The number of para-hydroxylation sites is 1. The van der Waals surface area contributed by atoms with E-state index in [-0.39, 0.29) is 18.4 Å². The number of nitrogens with zero attached hydrogens (tertiary/aromatic N) is 1. The van der Waals surface area contributed by atoms with Crippen LogP contribution < -0.4 is 10.6 Å². The molecule has 144 valence electrons. The Morgan fingerprint density at radius 3 is 2.39 bits per heavy atom. The average Bonchev–Trinajstić information content (AvgIpc) is 2.67. The van der Waals surface area contributed by atoms with Crippen LogP contribution in [0.4, 0.5) is 5.69 Å². The minimum absolute atomic E-state index is 0.0449. The van der Waals surface area contributed by atoms with Gasteiger partial charge in [0.05, 0.1) is 12.1 Å². The molecule has 28 heavy (non-hydrogen) atoms. The first-order valence-electron chi connectivity index (χ1n) is 9.41. The van der Waals surface area contributed by atoms with Crippen LogP contribution in [0.15, 0.2) is 48.5 Å². The van der Waals surface area contributed by atoms with Crippen LogP contribution in [0, 0.1) is 20.8 Å². The molecule has 2 aromatic carbocycles. The molecule has 0 fully saturated rings. The van der Waals surface area contributed by atoms with Gasteiger partial charge in [0.25, 0.3) is 0 Å². The smallest absolute Gasteiger partial charge is 0.243 e. The zero-order valence-corrected chi connectivity index (χ0v) is 16.5. The molecule has 3 aromatic rings. The molecular weight excluding hydrogens is 350 g/mol. The number of carbonyl (C=O) groups is 2. The number of hydrogen-bond donors (Lipinski definition) is 2. The van der Waals surface area contributed by atoms with Gasteiger partial charge in [-0.15, -0.1) is 0 Å². The fourth-order valence-electron chi connectivity index (χ4n) is 3.32. The molecule has 0 aliphatic rings. The summed E-state index contributed by atoms with van der Waals surface area (Å²) in [5.74, 6) is -0.394. The summed E-state index contributed by atoms with van der Waals surface area (Å²) in [4.78, 5) is 28.9. The first-order valence-corrected chi connectivity index (χ1v) is 9.41. The van der Waals surface area contributed by atoms with Gasteiger partial charge < -0.3 is 10.6 Å². The second-order valence-corrected chi connectivity index (χ2v) is 7.09. The van der Waals surface area contributed by atoms with Gasteiger partial charge in [0, 0.05) is 23.2 Å². The summed E-state index contributed by atoms with van der Waals surface area (Å²) < 4.78 is 0. The molecule has 0 saturated carbocycles. The van der Waals surface area contributed by atoms with Crippen molar-refractivity contribution in [2.45, 2.75) is 33.6 Å². The Kier molecular flexibility index (Phi) is 6.04. The summed E-state index contributed by atoms with van der Waals surface area (Å²) in [6, 6.07) is 15.9. The van der Waals surface area contributed by atoms with Crippen LogP contribution in [0.1, 0.15) is 28.8 Å². The quantitative estimate of drug-likeness (QED) is 0.687. The number of rotatable bonds is 6. The van der Waals surface area contributed by atoms with E-state index in [0.717, 1.165) is 39.0 Å². The number of aromatic nitrogens is 1. The number of fused-ring (bicyclic) bond motifs is 1. The standard InChI is InChI=1S/C23H25N3O2/c1-15-12-16(2)23(17(3)13-15)26-22(28)14-24-21(27)11-10-19-9-8-18-6-4-5-7-20(18)25-19/h4-9,12-13H,10-11,14H2,1-3H3,(H,24,27)(H,26,28). The molecule has 0 saturated heterocycles. The zero-order valence-electron chi connectivity index (χ0n) is 16.5.